The molecule has 1 aromatic rings. The summed E-state index contributed by atoms with van der Waals surface area (Å²) < 4.78 is 5.91. The summed E-state index contributed by atoms with van der Waals surface area (Å²) in [5, 5.41) is 1.93. The second-order valence-corrected chi connectivity index (χ2v) is 5.77. The summed E-state index contributed by atoms with van der Waals surface area (Å²) in [5.74, 6) is 0.425. The van der Waals surface area contributed by atoms with Crippen LogP contribution in [0.25, 0.3) is 0 Å². The minimum atomic E-state index is -0.903. The molecule has 0 aliphatic heterocycles. The molecule has 0 saturated carbocycles. The van der Waals surface area contributed by atoms with Crippen molar-refractivity contribution in [2.45, 2.75) is 30.1 Å². The predicted octanol–water partition coefficient (Wildman–Crippen LogP) is 1.91. The highest BCUT2D eigenvalue weighted by atomic mass is 32.2. The summed E-state index contributed by atoms with van der Waals surface area (Å²) in [6, 6.07) is 0. The molecule has 1 rings (SSSR count). The minimum Gasteiger partial charge on any atom is -0.465 e. The topological polar surface area (TPSA) is 65.2 Å². The fourth-order valence-corrected chi connectivity index (χ4v) is 2.91. The lowest BCUT2D eigenvalue weighted by Crippen LogP contribution is -2.46. The molecule has 1 unspecified atom stereocenters. The average molecular weight is 260 g/mol. The first-order chi connectivity index (χ1) is 7.56. The number of thiazole rings is 1. The van der Waals surface area contributed by atoms with Gasteiger partial charge in [0.2, 0.25) is 0 Å². The van der Waals surface area contributed by atoms with Crippen molar-refractivity contribution in [3.05, 3.63) is 11.6 Å². The molecule has 2 N–H and O–H groups in total. The summed E-state index contributed by atoms with van der Waals surface area (Å²) in [4.78, 5) is 15.6. The molecular formula is C10H16N2O2S2. The van der Waals surface area contributed by atoms with Crippen molar-refractivity contribution in [1.29, 1.82) is 0 Å². The van der Waals surface area contributed by atoms with E-state index in [0.717, 1.165) is 10.1 Å². The van der Waals surface area contributed by atoms with Gasteiger partial charge in [0.15, 0.2) is 0 Å². The molecule has 0 fully saturated rings. The maximum atomic E-state index is 11.5. The Balaban J connectivity index is 2.33. The highest BCUT2D eigenvalue weighted by molar-refractivity contribution is 8.00. The largest absolute Gasteiger partial charge is 0.465 e. The van der Waals surface area contributed by atoms with Crippen molar-refractivity contribution in [2.24, 2.45) is 5.73 Å². The Morgan fingerprint density at radius 3 is 3.06 bits per heavy atom. The predicted molar refractivity (Wildman–Crippen MR) is 66.7 cm³/mol. The van der Waals surface area contributed by atoms with Crippen LogP contribution in [0.15, 0.2) is 15.9 Å². The van der Waals surface area contributed by atoms with E-state index in [4.69, 9.17) is 10.5 Å². The monoisotopic (exact) mass is 260 g/mol. The zero-order valence-electron chi connectivity index (χ0n) is 9.43. The van der Waals surface area contributed by atoms with Gasteiger partial charge in [0.1, 0.15) is 9.88 Å². The van der Waals surface area contributed by atoms with Gasteiger partial charge in [0, 0.05) is 17.3 Å². The van der Waals surface area contributed by atoms with Gasteiger partial charge in [-0.05, 0) is 20.3 Å². The van der Waals surface area contributed by atoms with Crippen LogP contribution in [0.1, 0.15) is 20.3 Å². The number of ether oxygens (including phenoxy) is 1. The number of rotatable bonds is 6. The molecule has 16 heavy (non-hydrogen) atoms. The Bertz CT molecular complexity index is 326. The first-order valence-electron chi connectivity index (χ1n) is 5.04. The molecule has 90 valence electrons. The Kier molecular flexibility index (Phi) is 5.24. The molecule has 0 spiro atoms. The second-order valence-electron chi connectivity index (χ2n) is 3.53. The molecule has 0 aromatic carbocycles. The fraction of sp³-hybridized carbons (Fsp3) is 0.600. The van der Waals surface area contributed by atoms with E-state index in [9.17, 15) is 4.79 Å². The third kappa shape index (κ3) is 4.11. The van der Waals surface area contributed by atoms with Crippen LogP contribution in [0.4, 0.5) is 0 Å². The molecule has 0 bridgehead atoms. The van der Waals surface area contributed by atoms with Gasteiger partial charge in [-0.1, -0.05) is 11.8 Å². The molecule has 0 aliphatic rings. The van der Waals surface area contributed by atoms with Crippen LogP contribution in [0, 0.1) is 0 Å². The van der Waals surface area contributed by atoms with Gasteiger partial charge < -0.3 is 10.5 Å². The van der Waals surface area contributed by atoms with E-state index in [1.54, 1.807) is 43.1 Å². The van der Waals surface area contributed by atoms with Crippen molar-refractivity contribution in [2.75, 3.05) is 12.4 Å². The van der Waals surface area contributed by atoms with Gasteiger partial charge in [-0.2, -0.15) is 0 Å². The van der Waals surface area contributed by atoms with Gasteiger partial charge >= 0.3 is 5.97 Å². The lowest BCUT2D eigenvalue weighted by molar-refractivity contribution is -0.149. The summed E-state index contributed by atoms with van der Waals surface area (Å²) in [6.45, 7) is 3.84. The zero-order valence-corrected chi connectivity index (χ0v) is 11.1. The highest BCUT2D eigenvalue weighted by Gasteiger charge is 2.29. The molecule has 1 aromatic heterocycles. The number of aromatic nitrogens is 1. The standard InChI is InChI=1S/C10H16N2O2S2/c1-3-14-8(13)10(2,11)4-6-15-9-12-5-7-16-9/h5,7H,3-4,6,11H2,1-2H3. The van der Waals surface area contributed by atoms with Crippen molar-refractivity contribution >= 4 is 29.1 Å². The molecule has 0 aliphatic carbocycles. The number of carbonyl (C=O) groups is 1. The first-order valence-corrected chi connectivity index (χ1v) is 6.91. The number of thioether (sulfide) groups is 1. The minimum absolute atomic E-state index is 0.338. The van der Waals surface area contributed by atoms with Crippen LogP contribution < -0.4 is 5.73 Å². The number of hydrogen-bond donors (Lipinski definition) is 1. The van der Waals surface area contributed by atoms with Crippen molar-refractivity contribution < 1.29 is 9.53 Å². The Morgan fingerprint density at radius 1 is 1.75 bits per heavy atom. The zero-order chi connectivity index (χ0) is 12.0. The van der Waals surface area contributed by atoms with E-state index in [-0.39, 0.29) is 5.97 Å². The van der Waals surface area contributed by atoms with Crippen LogP contribution in [0.3, 0.4) is 0 Å². The quantitative estimate of drug-likeness (QED) is 0.625. The van der Waals surface area contributed by atoms with Gasteiger partial charge in [-0.15, -0.1) is 11.3 Å². The molecule has 1 heterocycles. The molecule has 6 heteroatoms. The van der Waals surface area contributed by atoms with Gasteiger partial charge in [0.05, 0.1) is 6.61 Å². The van der Waals surface area contributed by atoms with E-state index in [1.807, 2.05) is 5.38 Å². The Morgan fingerprint density at radius 2 is 2.50 bits per heavy atom. The van der Waals surface area contributed by atoms with Crippen LogP contribution in [-0.2, 0) is 9.53 Å². The molecule has 0 amide bonds. The molecular weight excluding hydrogens is 244 g/mol. The molecule has 1 atom stereocenters. The lowest BCUT2D eigenvalue weighted by atomic mass is 10.0. The van der Waals surface area contributed by atoms with Gasteiger partial charge in [-0.25, -0.2) is 4.98 Å². The highest BCUT2D eigenvalue weighted by Crippen LogP contribution is 2.23. The summed E-state index contributed by atoms with van der Waals surface area (Å²) >= 11 is 3.20. The second kappa shape index (κ2) is 6.22. The van der Waals surface area contributed by atoms with E-state index in [1.165, 1.54) is 0 Å². The smallest absolute Gasteiger partial charge is 0.325 e. The van der Waals surface area contributed by atoms with Crippen LogP contribution in [0.2, 0.25) is 0 Å². The van der Waals surface area contributed by atoms with E-state index in [0.29, 0.717) is 13.0 Å². The first kappa shape index (κ1) is 13.5. The SMILES string of the molecule is CCOC(=O)C(C)(N)CCSc1nccs1. The fourth-order valence-electron chi connectivity index (χ4n) is 1.03. The van der Waals surface area contributed by atoms with Crippen molar-refractivity contribution in [3.63, 3.8) is 0 Å². The third-order valence-corrected chi connectivity index (χ3v) is 3.97. The van der Waals surface area contributed by atoms with Crippen molar-refractivity contribution in [3.8, 4) is 0 Å². The molecule has 4 nitrogen and oxygen atoms in total. The number of carbonyl (C=O) groups excluding carboxylic acids is 1. The van der Waals surface area contributed by atoms with Gasteiger partial charge in [0.25, 0.3) is 0 Å². The maximum Gasteiger partial charge on any atom is 0.325 e. The molecule has 0 saturated heterocycles. The average Bonchev–Trinajstić information content (AvgIpc) is 2.70. The number of esters is 1. The van der Waals surface area contributed by atoms with Gasteiger partial charge in [-0.3, -0.25) is 4.79 Å². The number of hydrogen-bond acceptors (Lipinski definition) is 6. The summed E-state index contributed by atoms with van der Waals surface area (Å²) in [7, 11) is 0. The lowest BCUT2D eigenvalue weighted by Gasteiger charge is -2.21. The van der Waals surface area contributed by atoms with Crippen LogP contribution >= 0.6 is 23.1 Å². The van der Waals surface area contributed by atoms with E-state index in [2.05, 4.69) is 4.98 Å². The maximum absolute atomic E-state index is 11.5. The van der Waals surface area contributed by atoms with E-state index < -0.39 is 5.54 Å². The third-order valence-electron chi connectivity index (χ3n) is 2.00. The molecule has 0 radical (unpaired) electrons. The Labute approximate surface area is 104 Å². The normalized spacial score (nSPS) is 14.4. The van der Waals surface area contributed by atoms with Crippen LogP contribution in [0.5, 0.6) is 0 Å². The van der Waals surface area contributed by atoms with Crippen molar-refractivity contribution in [1.82, 2.24) is 4.98 Å². The number of nitrogens with two attached hydrogens (primary N) is 1. The van der Waals surface area contributed by atoms with Crippen LogP contribution in [-0.4, -0.2) is 28.9 Å². The summed E-state index contributed by atoms with van der Waals surface area (Å²) in [6.07, 6.45) is 2.34. The summed E-state index contributed by atoms with van der Waals surface area (Å²) in [5.41, 5.74) is 4.98. The van der Waals surface area contributed by atoms with E-state index >= 15 is 0 Å². The Hall–Kier alpha value is -0.590. The number of nitrogens with zero attached hydrogens (tertiary/aromatic N) is 1.